The zero-order chi connectivity index (χ0) is 17.4. The van der Waals surface area contributed by atoms with Gasteiger partial charge in [-0.3, -0.25) is 19.0 Å². The Morgan fingerprint density at radius 2 is 1.96 bits per heavy atom. The first-order chi connectivity index (χ1) is 11.4. The molecule has 3 rings (SSSR count). The number of carbonyl (C=O) groups is 2. The zero-order valence-electron chi connectivity index (χ0n) is 12.6. The van der Waals surface area contributed by atoms with Crippen LogP contribution < -0.4 is 11.3 Å². The van der Waals surface area contributed by atoms with Crippen LogP contribution in [0.25, 0.3) is 10.2 Å². The summed E-state index contributed by atoms with van der Waals surface area (Å²) in [7, 11) is 0. The number of hydrogen-bond acceptors (Lipinski definition) is 5. The van der Waals surface area contributed by atoms with Crippen molar-refractivity contribution in [2.45, 2.75) is 13.5 Å². The van der Waals surface area contributed by atoms with E-state index in [4.69, 9.17) is 5.73 Å². The number of carbonyl (C=O) groups excluding carboxylic acids is 2. The van der Waals surface area contributed by atoms with Gasteiger partial charge >= 0.3 is 0 Å². The fraction of sp³-hybridized carbons (Fsp3) is 0.125. The number of hydrogen-bond donors (Lipinski definition) is 1. The molecule has 0 aliphatic heterocycles. The highest BCUT2D eigenvalue weighted by molar-refractivity contribution is 7.20. The van der Waals surface area contributed by atoms with Gasteiger partial charge in [0, 0.05) is 5.56 Å². The molecule has 2 aromatic heterocycles. The Kier molecular flexibility index (Phi) is 3.98. The first kappa shape index (κ1) is 16.0. The average Bonchev–Trinajstić information content (AvgIpc) is 2.88. The lowest BCUT2D eigenvalue weighted by atomic mass is 10.1. The Hall–Kier alpha value is -2.87. The van der Waals surface area contributed by atoms with Crippen LogP contribution >= 0.6 is 11.3 Å². The van der Waals surface area contributed by atoms with Crippen molar-refractivity contribution in [2.24, 2.45) is 5.73 Å². The molecule has 0 atom stereocenters. The van der Waals surface area contributed by atoms with E-state index in [-0.39, 0.29) is 22.6 Å². The van der Waals surface area contributed by atoms with Gasteiger partial charge in [0.25, 0.3) is 11.5 Å². The fourth-order valence-corrected chi connectivity index (χ4v) is 3.38. The molecule has 0 radical (unpaired) electrons. The normalized spacial score (nSPS) is 10.9. The van der Waals surface area contributed by atoms with Crippen LogP contribution in [-0.4, -0.2) is 21.2 Å². The fourth-order valence-electron chi connectivity index (χ4n) is 2.39. The van der Waals surface area contributed by atoms with E-state index in [0.29, 0.717) is 16.0 Å². The lowest BCUT2D eigenvalue weighted by molar-refractivity contribution is 0.0968. The maximum Gasteiger partial charge on any atom is 0.262 e. The third-order valence-electron chi connectivity index (χ3n) is 3.62. The van der Waals surface area contributed by atoms with Crippen LogP contribution in [0.5, 0.6) is 0 Å². The molecular formula is C16H12FN3O3S. The SMILES string of the molecule is Cc1c(C(N)=O)sc2ncn(CC(=O)c3ccc(F)cc3)c(=O)c12. The molecule has 8 heteroatoms. The van der Waals surface area contributed by atoms with E-state index in [2.05, 4.69) is 4.98 Å². The van der Waals surface area contributed by atoms with E-state index in [1.165, 1.54) is 35.2 Å². The van der Waals surface area contributed by atoms with Crippen molar-refractivity contribution in [3.8, 4) is 0 Å². The van der Waals surface area contributed by atoms with Gasteiger partial charge in [-0.1, -0.05) is 0 Å². The van der Waals surface area contributed by atoms with Crippen molar-refractivity contribution in [3.63, 3.8) is 0 Å². The minimum absolute atomic E-state index is 0.228. The number of nitrogens with zero attached hydrogens (tertiary/aromatic N) is 2. The lowest BCUT2D eigenvalue weighted by Gasteiger charge is -2.05. The summed E-state index contributed by atoms with van der Waals surface area (Å²) < 4.78 is 14.1. The minimum atomic E-state index is -0.621. The number of fused-ring (bicyclic) bond motifs is 1. The third kappa shape index (κ3) is 2.71. The summed E-state index contributed by atoms with van der Waals surface area (Å²) in [6.45, 7) is 1.39. The molecule has 122 valence electrons. The van der Waals surface area contributed by atoms with Crippen molar-refractivity contribution in [1.29, 1.82) is 0 Å². The number of ketones is 1. The van der Waals surface area contributed by atoms with Crippen molar-refractivity contribution in [1.82, 2.24) is 9.55 Å². The highest BCUT2D eigenvalue weighted by Crippen LogP contribution is 2.26. The van der Waals surface area contributed by atoms with Gasteiger partial charge in [-0.05, 0) is 36.8 Å². The van der Waals surface area contributed by atoms with Crippen LogP contribution in [-0.2, 0) is 6.54 Å². The second-order valence-corrected chi connectivity index (χ2v) is 6.21. The molecule has 2 heterocycles. The molecular weight excluding hydrogens is 333 g/mol. The number of primary amides is 1. The van der Waals surface area contributed by atoms with Gasteiger partial charge in [0.05, 0.1) is 23.1 Å². The van der Waals surface area contributed by atoms with E-state index in [9.17, 15) is 18.8 Å². The highest BCUT2D eigenvalue weighted by atomic mass is 32.1. The standard InChI is InChI=1S/C16H12FN3O3S/c1-8-12-15(24-13(8)14(18)22)19-7-20(16(12)23)6-11(21)9-2-4-10(17)5-3-9/h2-5,7H,6H2,1H3,(H2,18,22). The average molecular weight is 345 g/mol. The van der Waals surface area contributed by atoms with Crippen molar-refractivity contribution < 1.29 is 14.0 Å². The van der Waals surface area contributed by atoms with Crippen molar-refractivity contribution >= 4 is 33.2 Å². The molecule has 0 unspecified atom stereocenters. The molecule has 0 aliphatic carbocycles. The molecule has 0 saturated heterocycles. The maximum atomic E-state index is 12.9. The summed E-state index contributed by atoms with van der Waals surface area (Å²) in [5.74, 6) is -1.41. The Balaban J connectivity index is 2.01. The predicted octanol–water partition coefficient (Wildman–Crippen LogP) is 1.89. The molecule has 1 amide bonds. The van der Waals surface area contributed by atoms with Crippen LogP contribution in [0, 0.1) is 12.7 Å². The number of Topliss-reactive ketones (excluding diaryl/α,β-unsaturated/α-hetero) is 1. The number of thiophene rings is 1. The topological polar surface area (TPSA) is 95.1 Å². The Labute approximate surface area is 139 Å². The largest absolute Gasteiger partial charge is 0.365 e. The molecule has 1 aromatic carbocycles. The smallest absolute Gasteiger partial charge is 0.262 e. The summed E-state index contributed by atoms with van der Waals surface area (Å²) in [5.41, 5.74) is 5.62. The summed E-state index contributed by atoms with van der Waals surface area (Å²) in [6, 6.07) is 5.07. The van der Waals surface area contributed by atoms with Gasteiger partial charge < -0.3 is 5.73 Å². The highest BCUT2D eigenvalue weighted by Gasteiger charge is 2.18. The molecule has 0 saturated carbocycles. The summed E-state index contributed by atoms with van der Waals surface area (Å²) in [4.78, 5) is 41.0. The van der Waals surface area contributed by atoms with Gasteiger partial charge in [-0.2, -0.15) is 0 Å². The van der Waals surface area contributed by atoms with E-state index >= 15 is 0 Å². The predicted molar refractivity (Wildman–Crippen MR) is 87.9 cm³/mol. The van der Waals surface area contributed by atoms with Gasteiger partial charge in [0.1, 0.15) is 10.6 Å². The van der Waals surface area contributed by atoms with Gasteiger partial charge in [-0.25, -0.2) is 9.37 Å². The van der Waals surface area contributed by atoms with E-state index in [1.54, 1.807) is 6.92 Å². The zero-order valence-corrected chi connectivity index (χ0v) is 13.4. The maximum absolute atomic E-state index is 12.9. The van der Waals surface area contributed by atoms with Crippen LogP contribution in [0.15, 0.2) is 35.4 Å². The number of amides is 1. The van der Waals surface area contributed by atoms with Crippen LogP contribution in [0.2, 0.25) is 0 Å². The van der Waals surface area contributed by atoms with Crippen LogP contribution in [0.3, 0.4) is 0 Å². The second kappa shape index (κ2) is 5.97. The number of aryl methyl sites for hydroxylation is 1. The van der Waals surface area contributed by atoms with Gasteiger partial charge in [-0.15, -0.1) is 11.3 Å². The first-order valence-electron chi connectivity index (χ1n) is 6.95. The van der Waals surface area contributed by atoms with Gasteiger partial charge in [0.2, 0.25) is 0 Å². The van der Waals surface area contributed by atoms with Crippen molar-refractivity contribution in [3.05, 3.63) is 62.8 Å². The number of rotatable bonds is 4. The van der Waals surface area contributed by atoms with E-state index in [0.717, 1.165) is 11.3 Å². The number of nitrogens with two attached hydrogens (primary N) is 1. The Bertz CT molecular complexity index is 1020. The van der Waals surface area contributed by atoms with Gasteiger partial charge in [0.15, 0.2) is 5.78 Å². The summed E-state index contributed by atoms with van der Waals surface area (Å²) in [6.07, 6.45) is 1.26. The summed E-state index contributed by atoms with van der Waals surface area (Å²) >= 11 is 1.05. The van der Waals surface area contributed by atoms with Crippen molar-refractivity contribution in [2.75, 3.05) is 0 Å². The molecule has 0 bridgehead atoms. The molecule has 0 spiro atoms. The Morgan fingerprint density at radius 1 is 1.29 bits per heavy atom. The molecule has 24 heavy (non-hydrogen) atoms. The molecule has 0 aliphatic rings. The number of halogens is 1. The van der Waals surface area contributed by atoms with E-state index < -0.39 is 17.3 Å². The first-order valence-corrected chi connectivity index (χ1v) is 7.77. The minimum Gasteiger partial charge on any atom is -0.365 e. The lowest BCUT2D eigenvalue weighted by Crippen LogP contribution is -2.24. The van der Waals surface area contributed by atoms with Crippen LogP contribution in [0.4, 0.5) is 4.39 Å². The van der Waals surface area contributed by atoms with Crippen LogP contribution in [0.1, 0.15) is 25.6 Å². The summed E-state index contributed by atoms with van der Waals surface area (Å²) in [5, 5.41) is 0.281. The third-order valence-corrected chi connectivity index (χ3v) is 4.84. The molecule has 3 aromatic rings. The Morgan fingerprint density at radius 3 is 2.58 bits per heavy atom. The second-order valence-electron chi connectivity index (χ2n) is 5.21. The number of benzene rings is 1. The monoisotopic (exact) mass is 345 g/mol. The molecule has 6 nitrogen and oxygen atoms in total. The number of aromatic nitrogens is 2. The quantitative estimate of drug-likeness (QED) is 0.731. The van der Waals surface area contributed by atoms with E-state index in [1.807, 2.05) is 0 Å². The molecule has 0 fully saturated rings. The molecule has 2 N–H and O–H groups in total.